The molecule has 0 radical (unpaired) electrons. The van der Waals surface area contributed by atoms with E-state index in [-0.39, 0.29) is 10.6 Å². The van der Waals surface area contributed by atoms with Gasteiger partial charge >= 0.3 is 12.2 Å². The van der Waals surface area contributed by atoms with Crippen LogP contribution in [-0.4, -0.2) is 23.8 Å². The molecule has 0 saturated carbocycles. The van der Waals surface area contributed by atoms with Crippen LogP contribution < -0.4 is 10.6 Å². The van der Waals surface area contributed by atoms with Gasteiger partial charge in [-0.3, -0.25) is 4.90 Å². The van der Waals surface area contributed by atoms with Gasteiger partial charge in [-0.25, -0.2) is 4.79 Å². The number of nitrogens with two attached hydrogens (primary N) is 1. The molecule has 0 fully saturated rings. The smallest absolute Gasteiger partial charge is 0.397 e. The minimum atomic E-state index is -4.97. The fourth-order valence-corrected chi connectivity index (χ4v) is 1.71. The van der Waals surface area contributed by atoms with Crippen molar-refractivity contribution in [2.75, 3.05) is 11.4 Å². The van der Waals surface area contributed by atoms with E-state index in [0.29, 0.717) is 0 Å². The third kappa shape index (κ3) is 1.77. The summed E-state index contributed by atoms with van der Waals surface area (Å²) in [7, 11) is 0. The number of hydrogen-bond acceptors (Lipinski definition) is 2. The van der Waals surface area contributed by atoms with Crippen LogP contribution in [0.3, 0.4) is 0 Å². The first-order chi connectivity index (χ1) is 8.58. The lowest BCUT2D eigenvalue weighted by atomic mass is 10.00. The molecule has 2 amide bonds. The first kappa shape index (κ1) is 9.15. The number of anilines is 1. The Labute approximate surface area is 97.2 Å². The molecule has 0 saturated heterocycles. The van der Waals surface area contributed by atoms with Gasteiger partial charge in [0.2, 0.25) is 0 Å². The van der Waals surface area contributed by atoms with Crippen LogP contribution in [0.4, 0.5) is 23.7 Å². The molecule has 1 aromatic carbocycles. The Morgan fingerprint density at radius 1 is 1.59 bits per heavy atom. The van der Waals surface area contributed by atoms with Crippen molar-refractivity contribution in [3.8, 4) is 5.75 Å². The van der Waals surface area contributed by atoms with E-state index in [1.54, 1.807) is 0 Å². The topological polar surface area (TPSA) is 66.6 Å². The maximum atomic E-state index is 13.0. The summed E-state index contributed by atoms with van der Waals surface area (Å²) >= 11 is 0. The molecular formula is C10H9F3N2O2. The van der Waals surface area contributed by atoms with E-state index in [1.165, 1.54) is 6.07 Å². The number of urea groups is 1. The highest BCUT2D eigenvalue weighted by atomic mass is 19.4. The molecule has 0 spiro atoms. The highest BCUT2D eigenvalue weighted by Crippen LogP contribution is 2.48. The standard InChI is InChI=1S/C10H9F3N2O2/c11-10(12,13)5-4-15(9(14)17)6-2-1-3-7(16)8(5)6/h1-3,5,16H,4H2,(H2,14,17)/i4D2. The average molecular weight is 248 g/mol. The van der Waals surface area contributed by atoms with Crippen molar-refractivity contribution in [3.05, 3.63) is 23.8 Å². The number of fused-ring (bicyclic) bond motifs is 1. The number of phenols is 1. The number of hydrogen-bond donors (Lipinski definition) is 2. The van der Waals surface area contributed by atoms with Crippen molar-refractivity contribution in [3.63, 3.8) is 0 Å². The molecule has 1 atom stereocenters. The molecule has 1 aliphatic heterocycles. The summed E-state index contributed by atoms with van der Waals surface area (Å²) in [5.41, 5.74) is 3.88. The third-order valence-electron chi connectivity index (χ3n) is 2.40. The lowest BCUT2D eigenvalue weighted by molar-refractivity contribution is -0.146. The Hall–Kier alpha value is -1.92. The van der Waals surface area contributed by atoms with Crippen LogP contribution in [-0.2, 0) is 0 Å². The molecule has 1 aliphatic rings. The lowest BCUT2D eigenvalue weighted by Gasteiger charge is -2.16. The van der Waals surface area contributed by atoms with Crippen molar-refractivity contribution in [1.29, 1.82) is 0 Å². The second-order valence-corrected chi connectivity index (χ2v) is 3.49. The summed E-state index contributed by atoms with van der Waals surface area (Å²) in [6.07, 6.45) is -4.97. The summed E-state index contributed by atoms with van der Waals surface area (Å²) in [5.74, 6) is -3.38. The van der Waals surface area contributed by atoms with Gasteiger partial charge in [-0.1, -0.05) is 6.07 Å². The molecule has 92 valence electrons. The number of aromatic hydroxyl groups is 1. The molecule has 0 bridgehead atoms. The number of amides is 2. The Morgan fingerprint density at radius 2 is 2.24 bits per heavy atom. The third-order valence-corrected chi connectivity index (χ3v) is 2.40. The molecule has 2 rings (SSSR count). The molecule has 1 heterocycles. The zero-order valence-electron chi connectivity index (χ0n) is 10.3. The van der Waals surface area contributed by atoms with Crippen LogP contribution >= 0.6 is 0 Å². The van der Waals surface area contributed by atoms with Crippen molar-refractivity contribution in [1.82, 2.24) is 0 Å². The fraction of sp³-hybridized carbons (Fsp3) is 0.300. The molecule has 4 nitrogen and oxygen atoms in total. The van der Waals surface area contributed by atoms with Crippen LogP contribution in [0, 0.1) is 0 Å². The van der Waals surface area contributed by atoms with Crippen molar-refractivity contribution < 1.29 is 25.8 Å². The Balaban J connectivity index is 2.76. The molecule has 7 heteroatoms. The highest BCUT2D eigenvalue weighted by Gasteiger charge is 2.49. The molecule has 0 aliphatic carbocycles. The van der Waals surface area contributed by atoms with Gasteiger partial charge < -0.3 is 10.8 Å². The van der Waals surface area contributed by atoms with Crippen LogP contribution in [0.1, 0.15) is 14.2 Å². The summed E-state index contributed by atoms with van der Waals surface area (Å²) in [5, 5.41) is 9.55. The summed E-state index contributed by atoms with van der Waals surface area (Å²) in [6.45, 7) is -3.09. The summed E-state index contributed by atoms with van der Waals surface area (Å²) in [6, 6.07) is 1.95. The van der Waals surface area contributed by atoms with Gasteiger partial charge in [0.1, 0.15) is 11.7 Å². The SMILES string of the molecule is [2H]C1([2H])C(C(F)(F)F)c2c(O)cccc2N1C(N)=O. The zero-order valence-corrected chi connectivity index (χ0v) is 8.32. The van der Waals surface area contributed by atoms with Crippen LogP contribution in [0.2, 0.25) is 0 Å². The number of primary amides is 1. The fourth-order valence-electron chi connectivity index (χ4n) is 1.71. The van der Waals surface area contributed by atoms with Crippen molar-refractivity contribution in [2.45, 2.75) is 12.1 Å². The second kappa shape index (κ2) is 3.54. The number of halogens is 3. The lowest BCUT2D eigenvalue weighted by Crippen LogP contribution is -2.36. The number of alkyl halides is 3. The van der Waals surface area contributed by atoms with E-state index >= 15 is 0 Å². The molecule has 1 aromatic rings. The predicted molar refractivity (Wildman–Crippen MR) is 53.8 cm³/mol. The van der Waals surface area contributed by atoms with Gasteiger partial charge in [-0.05, 0) is 12.1 Å². The molecule has 3 N–H and O–H groups in total. The monoisotopic (exact) mass is 248 g/mol. The van der Waals surface area contributed by atoms with E-state index in [4.69, 9.17) is 8.48 Å². The first-order valence-corrected chi connectivity index (χ1v) is 4.56. The molecule has 1 unspecified atom stereocenters. The van der Waals surface area contributed by atoms with E-state index in [9.17, 15) is 23.1 Å². The van der Waals surface area contributed by atoms with Gasteiger partial charge in [0.15, 0.2) is 0 Å². The Morgan fingerprint density at radius 3 is 2.76 bits per heavy atom. The van der Waals surface area contributed by atoms with Gasteiger partial charge in [0.25, 0.3) is 0 Å². The van der Waals surface area contributed by atoms with Crippen LogP contribution in [0.25, 0.3) is 0 Å². The number of carbonyl (C=O) groups excluding carboxylic acids is 1. The number of nitrogens with zero attached hydrogens (tertiary/aromatic N) is 1. The normalized spacial score (nSPS) is 23.9. The first-order valence-electron chi connectivity index (χ1n) is 5.56. The Bertz CT molecular complexity index is 548. The molecule has 0 aromatic heterocycles. The van der Waals surface area contributed by atoms with E-state index in [0.717, 1.165) is 12.1 Å². The minimum absolute atomic E-state index is 0.209. The average Bonchev–Trinajstić information content (AvgIpc) is 2.44. The van der Waals surface area contributed by atoms with E-state index < -0.39 is 35.9 Å². The van der Waals surface area contributed by atoms with Crippen molar-refractivity contribution >= 4 is 11.7 Å². The number of benzene rings is 1. The molecule has 17 heavy (non-hydrogen) atoms. The zero-order chi connectivity index (χ0) is 14.6. The van der Waals surface area contributed by atoms with Gasteiger partial charge in [-0.2, -0.15) is 13.2 Å². The Kier molecular flexibility index (Phi) is 1.91. The second-order valence-electron chi connectivity index (χ2n) is 3.49. The minimum Gasteiger partial charge on any atom is -0.508 e. The van der Waals surface area contributed by atoms with Crippen LogP contribution in [0.5, 0.6) is 5.75 Å². The molecular weight excluding hydrogens is 237 g/mol. The maximum Gasteiger partial charge on any atom is 0.397 e. The predicted octanol–water partition coefficient (Wildman–Crippen LogP) is 1.94. The van der Waals surface area contributed by atoms with E-state index in [1.807, 2.05) is 0 Å². The summed E-state index contributed by atoms with van der Waals surface area (Å²) < 4.78 is 54.1. The number of rotatable bonds is 0. The number of phenolic OH excluding ortho intramolecular Hbond substituents is 1. The van der Waals surface area contributed by atoms with Gasteiger partial charge in [0, 0.05) is 12.1 Å². The quantitative estimate of drug-likeness (QED) is 0.736. The van der Waals surface area contributed by atoms with Crippen LogP contribution in [0.15, 0.2) is 18.2 Å². The highest BCUT2D eigenvalue weighted by molar-refractivity contribution is 5.94. The van der Waals surface area contributed by atoms with E-state index in [2.05, 4.69) is 0 Å². The van der Waals surface area contributed by atoms with Gasteiger partial charge in [-0.15, -0.1) is 0 Å². The summed E-state index contributed by atoms with van der Waals surface area (Å²) in [4.78, 5) is 11.4. The number of carbonyl (C=O) groups is 1. The van der Waals surface area contributed by atoms with Gasteiger partial charge in [0.05, 0.1) is 8.43 Å². The maximum absolute atomic E-state index is 13.0. The van der Waals surface area contributed by atoms with Crippen molar-refractivity contribution in [2.24, 2.45) is 5.73 Å². The largest absolute Gasteiger partial charge is 0.508 e.